The SMILES string of the molecule is CCCCc1ccc(C#CC2(c3ccc(/C(F)=C(\F)c4ccc(CCC)cc4)cc3)C=CC=CC2CC)cc1. The van der Waals surface area contributed by atoms with Crippen molar-refractivity contribution in [2.24, 2.45) is 5.92 Å². The predicted molar refractivity (Wildman–Crippen MR) is 162 cm³/mol. The van der Waals surface area contributed by atoms with Gasteiger partial charge in [0.15, 0.2) is 11.7 Å². The second-order valence-corrected chi connectivity index (χ2v) is 10.3. The van der Waals surface area contributed by atoms with E-state index in [2.05, 4.69) is 75.1 Å². The van der Waals surface area contributed by atoms with Crippen LogP contribution in [0, 0.1) is 17.8 Å². The molecular formula is C37H38F2. The van der Waals surface area contributed by atoms with Gasteiger partial charge in [0.25, 0.3) is 0 Å². The average molecular weight is 521 g/mol. The molecule has 0 nitrogen and oxygen atoms in total. The van der Waals surface area contributed by atoms with Crippen molar-refractivity contribution in [3.8, 4) is 11.8 Å². The van der Waals surface area contributed by atoms with E-state index in [1.807, 2.05) is 30.3 Å². The Balaban J connectivity index is 1.64. The molecule has 0 N–H and O–H groups in total. The Morgan fingerprint density at radius 2 is 1.31 bits per heavy atom. The fourth-order valence-electron chi connectivity index (χ4n) is 5.22. The molecule has 0 spiro atoms. The average Bonchev–Trinajstić information content (AvgIpc) is 2.99. The molecule has 0 bridgehead atoms. The summed E-state index contributed by atoms with van der Waals surface area (Å²) in [4.78, 5) is 0. The second kappa shape index (κ2) is 13.4. The molecule has 4 rings (SSSR count). The minimum Gasteiger partial charge on any atom is -0.203 e. The van der Waals surface area contributed by atoms with Crippen LogP contribution in [-0.2, 0) is 18.3 Å². The smallest absolute Gasteiger partial charge is 0.166 e. The highest BCUT2D eigenvalue weighted by Gasteiger charge is 2.35. The van der Waals surface area contributed by atoms with Crippen LogP contribution in [0.15, 0.2) is 97.1 Å². The predicted octanol–water partition coefficient (Wildman–Crippen LogP) is 10.2. The molecule has 0 aliphatic heterocycles. The van der Waals surface area contributed by atoms with Crippen LogP contribution in [0.2, 0.25) is 0 Å². The lowest BCUT2D eigenvalue weighted by Crippen LogP contribution is -2.32. The number of halogens is 2. The molecule has 0 fully saturated rings. The Hall–Kier alpha value is -3.70. The molecular weight excluding hydrogens is 482 g/mol. The van der Waals surface area contributed by atoms with E-state index in [1.165, 1.54) is 18.4 Å². The topological polar surface area (TPSA) is 0 Å². The highest BCUT2D eigenvalue weighted by molar-refractivity contribution is 5.83. The Morgan fingerprint density at radius 1 is 0.718 bits per heavy atom. The lowest BCUT2D eigenvalue weighted by Gasteiger charge is -2.34. The van der Waals surface area contributed by atoms with E-state index < -0.39 is 17.1 Å². The van der Waals surface area contributed by atoms with Crippen molar-refractivity contribution in [2.45, 2.75) is 64.7 Å². The number of hydrogen-bond donors (Lipinski definition) is 0. The minimum absolute atomic E-state index is 0.170. The van der Waals surface area contributed by atoms with E-state index in [0.717, 1.165) is 42.4 Å². The zero-order valence-corrected chi connectivity index (χ0v) is 23.3. The number of hydrogen-bond acceptors (Lipinski definition) is 0. The van der Waals surface area contributed by atoms with Gasteiger partial charge in [-0.05, 0) is 54.5 Å². The maximum Gasteiger partial charge on any atom is 0.166 e. The zero-order valence-electron chi connectivity index (χ0n) is 23.3. The van der Waals surface area contributed by atoms with Gasteiger partial charge in [-0.1, -0.05) is 130 Å². The monoisotopic (exact) mass is 520 g/mol. The first-order chi connectivity index (χ1) is 19.0. The normalized spacial score (nSPS) is 18.8. The summed E-state index contributed by atoms with van der Waals surface area (Å²) in [6.45, 7) is 6.46. The molecule has 0 aromatic heterocycles. The molecule has 0 amide bonds. The largest absolute Gasteiger partial charge is 0.203 e. The highest BCUT2D eigenvalue weighted by Crippen LogP contribution is 2.40. The summed E-state index contributed by atoms with van der Waals surface area (Å²) >= 11 is 0. The molecule has 0 saturated carbocycles. The Bertz CT molecular complexity index is 1380. The van der Waals surface area contributed by atoms with Gasteiger partial charge in [-0.15, -0.1) is 0 Å². The lowest BCUT2D eigenvalue weighted by molar-refractivity contribution is 0.473. The van der Waals surface area contributed by atoms with Gasteiger partial charge < -0.3 is 0 Å². The van der Waals surface area contributed by atoms with Crippen LogP contribution in [0.4, 0.5) is 8.78 Å². The number of unbranched alkanes of at least 4 members (excludes halogenated alkanes) is 1. The summed E-state index contributed by atoms with van der Waals surface area (Å²) in [5.74, 6) is 5.47. The van der Waals surface area contributed by atoms with Crippen LogP contribution < -0.4 is 0 Å². The molecule has 1 aliphatic carbocycles. The molecule has 1 aliphatic rings. The van der Waals surface area contributed by atoms with Gasteiger partial charge >= 0.3 is 0 Å². The molecule has 39 heavy (non-hydrogen) atoms. The van der Waals surface area contributed by atoms with Crippen LogP contribution in [0.3, 0.4) is 0 Å². The summed E-state index contributed by atoms with van der Waals surface area (Å²) < 4.78 is 30.3. The number of benzene rings is 3. The van der Waals surface area contributed by atoms with Crippen molar-refractivity contribution in [3.63, 3.8) is 0 Å². The molecule has 2 unspecified atom stereocenters. The third-order valence-electron chi connectivity index (χ3n) is 7.58. The summed E-state index contributed by atoms with van der Waals surface area (Å²) in [5, 5.41) is 0. The fourth-order valence-corrected chi connectivity index (χ4v) is 5.22. The van der Waals surface area contributed by atoms with Gasteiger partial charge in [0.05, 0.1) is 5.41 Å². The van der Waals surface area contributed by atoms with Crippen molar-refractivity contribution >= 4 is 11.7 Å². The van der Waals surface area contributed by atoms with E-state index in [4.69, 9.17) is 0 Å². The maximum absolute atomic E-state index is 15.2. The Labute approximate surface area is 233 Å². The van der Waals surface area contributed by atoms with Crippen LogP contribution in [0.5, 0.6) is 0 Å². The number of rotatable bonds is 9. The molecule has 0 radical (unpaired) electrons. The molecule has 0 heterocycles. The molecule has 3 aromatic rings. The molecule has 200 valence electrons. The third-order valence-corrected chi connectivity index (χ3v) is 7.58. The first kappa shape index (κ1) is 28.3. The van der Waals surface area contributed by atoms with E-state index >= 15 is 8.78 Å². The quantitative estimate of drug-likeness (QED) is 0.194. The van der Waals surface area contributed by atoms with E-state index in [0.29, 0.717) is 0 Å². The van der Waals surface area contributed by atoms with Gasteiger partial charge in [0, 0.05) is 22.6 Å². The van der Waals surface area contributed by atoms with Gasteiger partial charge in [-0.2, -0.15) is 0 Å². The van der Waals surface area contributed by atoms with E-state index in [1.54, 1.807) is 24.3 Å². The zero-order chi connectivity index (χ0) is 27.7. The van der Waals surface area contributed by atoms with Crippen molar-refractivity contribution in [2.75, 3.05) is 0 Å². The van der Waals surface area contributed by atoms with E-state index in [-0.39, 0.29) is 17.0 Å². The maximum atomic E-state index is 15.2. The standard InChI is InChI=1S/C37H38F2/c1-4-7-11-29-13-15-30(16-14-29)25-27-37(26-9-8-12-33(37)6-3)34-23-21-32(22-24-34)36(39)35(38)31-19-17-28(10-5-2)18-20-31/h8-9,12-24,26,33H,4-7,10-11H2,1-3H3/b36-35+. The fraction of sp³-hybridized carbons (Fsp3) is 0.297. The molecule has 2 heteroatoms. The third kappa shape index (κ3) is 6.66. The minimum atomic E-state index is -0.848. The Morgan fingerprint density at radius 3 is 1.90 bits per heavy atom. The van der Waals surface area contributed by atoms with Crippen molar-refractivity contribution in [1.29, 1.82) is 0 Å². The number of allylic oxidation sites excluding steroid dienone is 4. The van der Waals surface area contributed by atoms with Crippen molar-refractivity contribution in [3.05, 3.63) is 130 Å². The van der Waals surface area contributed by atoms with Crippen LogP contribution in [0.25, 0.3) is 11.7 Å². The van der Waals surface area contributed by atoms with Gasteiger partial charge in [0.2, 0.25) is 0 Å². The van der Waals surface area contributed by atoms with Gasteiger partial charge in [-0.25, -0.2) is 8.78 Å². The van der Waals surface area contributed by atoms with E-state index in [9.17, 15) is 0 Å². The summed E-state index contributed by atoms with van der Waals surface area (Å²) in [5.41, 5.74) is 4.34. The molecule has 0 saturated heterocycles. The lowest BCUT2D eigenvalue weighted by atomic mass is 9.67. The van der Waals surface area contributed by atoms with Gasteiger partial charge in [-0.3, -0.25) is 0 Å². The first-order valence-electron chi connectivity index (χ1n) is 14.2. The highest BCUT2D eigenvalue weighted by atomic mass is 19.2. The number of aryl methyl sites for hydroxylation is 2. The van der Waals surface area contributed by atoms with Gasteiger partial charge in [0.1, 0.15) is 0 Å². The molecule has 3 aromatic carbocycles. The summed E-state index contributed by atoms with van der Waals surface area (Å²) in [7, 11) is 0. The Kier molecular flexibility index (Phi) is 9.72. The summed E-state index contributed by atoms with van der Waals surface area (Å²) in [6.07, 6.45) is 14.7. The summed E-state index contributed by atoms with van der Waals surface area (Å²) in [6, 6.07) is 22.7. The van der Waals surface area contributed by atoms with Crippen LogP contribution in [-0.4, -0.2) is 0 Å². The second-order valence-electron chi connectivity index (χ2n) is 10.3. The van der Waals surface area contributed by atoms with Crippen LogP contribution >= 0.6 is 0 Å². The van der Waals surface area contributed by atoms with Crippen molar-refractivity contribution < 1.29 is 8.78 Å². The van der Waals surface area contributed by atoms with Crippen molar-refractivity contribution in [1.82, 2.24) is 0 Å². The molecule has 2 atom stereocenters. The van der Waals surface area contributed by atoms with Crippen LogP contribution in [0.1, 0.15) is 79.8 Å². The first-order valence-corrected chi connectivity index (χ1v) is 14.2.